The van der Waals surface area contributed by atoms with Crippen molar-refractivity contribution in [3.63, 3.8) is 0 Å². The second-order valence-electron chi connectivity index (χ2n) is 5.09. The van der Waals surface area contributed by atoms with Crippen LogP contribution in [-0.2, 0) is 4.74 Å². The molecule has 0 amide bonds. The number of rotatable bonds is 6. The van der Waals surface area contributed by atoms with Crippen molar-refractivity contribution in [1.82, 2.24) is 4.90 Å². The standard InChI is InChI=1S/C15H21NO4/c1-11-14(7-9-19-11)16(2)8-10-20-13-5-3-12(4-6-13)15(17)18/h3-6,11,14H,7-10H2,1-2H3,(H,17,18). The zero-order valence-electron chi connectivity index (χ0n) is 11.9. The molecule has 1 fully saturated rings. The molecule has 1 aliphatic heterocycles. The summed E-state index contributed by atoms with van der Waals surface area (Å²) in [5.41, 5.74) is 0.270. The van der Waals surface area contributed by atoms with Gasteiger partial charge >= 0.3 is 5.97 Å². The monoisotopic (exact) mass is 279 g/mol. The summed E-state index contributed by atoms with van der Waals surface area (Å²) in [6, 6.07) is 6.92. The Hall–Kier alpha value is -1.59. The van der Waals surface area contributed by atoms with Gasteiger partial charge in [0, 0.05) is 19.2 Å². The van der Waals surface area contributed by atoms with Crippen LogP contribution in [-0.4, -0.2) is 54.9 Å². The van der Waals surface area contributed by atoms with Crippen LogP contribution in [0.15, 0.2) is 24.3 Å². The topological polar surface area (TPSA) is 59.0 Å². The predicted octanol–water partition coefficient (Wildman–Crippen LogP) is 1.87. The number of likely N-dealkylation sites (N-methyl/N-ethyl adjacent to an activating group) is 1. The number of hydrogen-bond donors (Lipinski definition) is 1. The van der Waals surface area contributed by atoms with Crippen LogP contribution in [0.1, 0.15) is 23.7 Å². The third-order valence-electron chi connectivity index (χ3n) is 3.72. The van der Waals surface area contributed by atoms with Crippen molar-refractivity contribution in [3.05, 3.63) is 29.8 Å². The van der Waals surface area contributed by atoms with Crippen molar-refractivity contribution in [1.29, 1.82) is 0 Å². The molecule has 110 valence electrons. The van der Waals surface area contributed by atoms with E-state index in [0.29, 0.717) is 18.4 Å². The first-order valence-corrected chi connectivity index (χ1v) is 6.86. The average Bonchev–Trinajstić information content (AvgIpc) is 2.85. The highest BCUT2D eigenvalue weighted by atomic mass is 16.5. The first-order chi connectivity index (χ1) is 9.58. The molecule has 2 unspecified atom stereocenters. The van der Waals surface area contributed by atoms with Gasteiger partial charge in [-0.05, 0) is 44.7 Å². The van der Waals surface area contributed by atoms with Crippen LogP contribution in [0.3, 0.4) is 0 Å². The van der Waals surface area contributed by atoms with E-state index in [1.54, 1.807) is 24.3 Å². The predicted molar refractivity (Wildman–Crippen MR) is 75.3 cm³/mol. The van der Waals surface area contributed by atoms with Gasteiger partial charge in [-0.15, -0.1) is 0 Å². The van der Waals surface area contributed by atoms with E-state index in [2.05, 4.69) is 18.9 Å². The molecule has 1 aromatic rings. The fourth-order valence-corrected chi connectivity index (χ4v) is 2.47. The summed E-state index contributed by atoms with van der Waals surface area (Å²) in [6.45, 7) is 4.32. The molecule has 0 radical (unpaired) electrons. The van der Waals surface area contributed by atoms with Crippen molar-refractivity contribution < 1.29 is 19.4 Å². The molecule has 1 saturated heterocycles. The minimum absolute atomic E-state index is 0.270. The normalized spacial score (nSPS) is 22.1. The van der Waals surface area contributed by atoms with Crippen LogP contribution in [0.25, 0.3) is 0 Å². The molecule has 2 atom stereocenters. The number of carboxylic acid groups (broad SMARTS) is 1. The quantitative estimate of drug-likeness (QED) is 0.861. The average molecular weight is 279 g/mol. The summed E-state index contributed by atoms with van der Waals surface area (Å²) < 4.78 is 11.2. The number of benzene rings is 1. The van der Waals surface area contributed by atoms with Gasteiger partial charge in [0.25, 0.3) is 0 Å². The van der Waals surface area contributed by atoms with E-state index in [1.165, 1.54) is 0 Å². The maximum absolute atomic E-state index is 10.7. The van der Waals surface area contributed by atoms with Crippen molar-refractivity contribution in [2.24, 2.45) is 0 Å². The van der Waals surface area contributed by atoms with E-state index >= 15 is 0 Å². The summed E-state index contributed by atoms with van der Waals surface area (Å²) in [5.74, 6) is -0.231. The molecule has 5 nitrogen and oxygen atoms in total. The molecule has 1 N–H and O–H groups in total. The van der Waals surface area contributed by atoms with E-state index in [4.69, 9.17) is 14.6 Å². The van der Waals surface area contributed by atoms with Gasteiger partial charge in [-0.25, -0.2) is 4.79 Å². The summed E-state index contributed by atoms with van der Waals surface area (Å²) in [4.78, 5) is 13.0. The Morgan fingerprint density at radius 3 is 2.70 bits per heavy atom. The molecule has 1 heterocycles. The fraction of sp³-hybridized carbons (Fsp3) is 0.533. The Morgan fingerprint density at radius 2 is 2.15 bits per heavy atom. The highest BCUT2D eigenvalue weighted by molar-refractivity contribution is 5.87. The van der Waals surface area contributed by atoms with Gasteiger partial charge in [0.15, 0.2) is 0 Å². The Kier molecular flexibility index (Phi) is 4.98. The first-order valence-electron chi connectivity index (χ1n) is 6.86. The van der Waals surface area contributed by atoms with Crippen molar-refractivity contribution >= 4 is 5.97 Å². The minimum Gasteiger partial charge on any atom is -0.492 e. The molecule has 1 aromatic carbocycles. The Morgan fingerprint density at radius 1 is 1.45 bits per heavy atom. The molecule has 20 heavy (non-hydrogen) atoms. The molecule has 0 spiro atoms. The van der Waals surface area contributed by atoms with Crippen LogP contribution in [0.4, 0.5) is 0 Å². The van der Waals surface area contributed by atoms with Crippen LogP contribution < -0.4 is 4.74 Å². The van der Waals surface area contributed by atoms with Gasteiger partial charge in [0.05, 0.1) is 11.7 Å². The highest BCUT2D eigenvalue weighted by Gasteiger charge is 2.27. The van der Waals surface area contributed by atoms with Crippen LogP contribution in [0.5, 0.6) is 5.75 Å². The largest absolute Gasteiger partial charge is 0.492 e. The van der Waals surface area contributed by atoms with E-state index in [-0.39, 0.29) is 11.7 Å². The number of aromatic carboxylic acids is 1. The van der Waals surface area contributed by atoms with Crippen molar-refractivity contribution in [2.45, 2.75) is 25.5 Å². The number of carboxylic acids is 1. The molecule has 0 aliphatic carbocycles. The zero-order chi connectivity index (χ0) is 14.5. The lowest BCUT2D eigenvalue weighted by atomic mass is 10.1. The highest BCUT2D eigenvalue weighted by Crippen LogP contribution is 2.18. The Bertz CT molecular complexity index is 446. The zero-order valence-corrected chi connectivity index (χ0v) is 11.9. The summed E-state index contributed by atoms with van der Waals surface area (Å²) in [5, 5.41) is 8.81. The molecule has 0 bridgehead atoms. The SMILES string of the molecule is CC1OCCC1N(C)CCOc1ccc(C(=O)O)cc1. The lowest BCUT2D eigenvalue weighted by molar-refractivity contribution is 0.0697. The van der Waals surface area contributed by atoms with Gasteiger partial charge in [0.2, 0.25) is 0 Å². The number of hydrogen-bond acceptors (Lipinski definition) is 4. The summed E-state index contributed by atoms with van der Waals surface area (Å²) >= 11 is 0. The molecule has 0 aromatic heterocycles. The first kappa shape index (κ1) is 14.8. The van der Waals surface area contributed by atoms with E-state index in [1.807, 2.05) is 0 Å². The van der Waals surface area contributed by atoms with Crippen LogP contribution >= 0.6 is 0 Å². The van der Waals surface area contributed by atoms with Crippen molar-refractivity contribution in [2.75, 3.05) is 26.8 Å². The maximum Gasteiger partial charge on any atom is 0.335 e. The number of nitrogens with zero attached hydrogens (tertiary/aromatic N) is 1. The number of ether oxygens (including phenoxy) is 2. The van der Waals surface area contributed by atoms with Crippen LogP contribution in [0.2, 0.25) is 0 Å². The van der Waals surface area contributed by atoms with Gasteiger partial charge in [-0.3, -0.25) is 4.90 Å². The molecular weight excluding hydrogens is 258 g/mol. The molecule has 2 rings (SSSR count). The summed E-state index contributed by atoms with van der Waals surface area (Å²) in [6.07, 6.45) is 1.33. The molecular formula is C15H21NO4. The molecule has 0 saturated carbocycles. The lowest BCUT2D eigenvalue weighted by Crippen LogP contribution is -2.39. The maximum atomic E-state index is 10.7. The van der Waals surface area contributed by atoms with Gasteiger partial charge in [-0.2, -0.15) is 0 Å². The van der Waals surface area contributed by atoms with E-state index in [0.717, 1.165) is 19.6 Å². The van der Waals surface area contributed by atoms with E-state index < -0.39 is 5.97 Å². The second-order valence-corrected chi connectivity index (χ2v) is 5.09. The van der Waals surface area contributed by atoms with Gasteiger partial charge in [-0.1, -0.05) is 0 Å². The van der Waals surface area contributed by atoms with Crippen LogP contribution in [0, 0.1) is 0 Å². The van der Waals surface area contributed by atoms with Gasteiger partial charge in [0.1, 0.15) is 12.4 Å². The van der Waals surface area contributed by atoms with E-state index in [9.17, 15) is 4.79 Å². The van der Waals surface area contributed by atoms with Crippen molar-refractivity contribution in [3.8, 4) is 5.75 Å². The smallest absolute Gasteiger partial charge is 0.335 e. The minimum atomic E-state index is -0.925. The Balaban J connectivity index is 1.76. The second kappa shape index (κ2) is 6.72. The molecule has 1 aliphatic rings. The fourth-order valence-electron chi connectivity index (χ4n) is 2.47. The third-order valence-corrected chi connectivity index (χ3v) is 3.72. The third kappa shape index (κ3) is 3.71. The van der Waals surface area contributed by atoms with Gasteiger partial charge < -0.3 is 14.6 Å². The lowest BCUT2D eigenvalue weighted by Gasteiger charge is -2.26. The molecule has 5 heteroatoms. The Labute approximate surface area is 119 Å². The number of carbonyl (C=O) groups is 1. The summed E-state index contributed by atoms with van der Waals surface area (Å²) in [7, 11) is 2.08.